The molecule has 0 aromatic heterocycles. The molecule has 1 unspecified atom stereocenters. The second-order valence-corrected chi connectivity index (χ2v) is 2.38. The first kappa shape index (κ1) is 11.9. The van der Waals surface area contributed by atoms with E-state index in [-0.39, 0.29) is 31.0 Å². The number of rotatable bonds is 3. The fourth-order valence-electron chi connectivity index (χ4n) is 0.262. The molecule has 1 atom stereocenters. The third-order valence-corrected chi connectivity index (χ3v) is 1.29. The van der Waals surface area contributed by atoms with Gasteiger partial charge in [-0.25, -0.2) is 0 Å². The maximum Gasteiger partial charge on any atom is 1.00 e. The summed E-state index contributed by atoms with van der Waals surface area (Å²) in [6.45, 7) is 1.97. The zero-order chi connectivity index (χ0) is 5.70. The summed E-state index contributed by atoms with van der Waals surface area (Å²) < 4.78 is 19.5. The molecule has 0 radical (unpaired) electrons. The quantitative estimate of drug-likeness (QED) is 0.333. The maximum absolute atomic E-state index is 9.76. The second-order valence-electron chi connectivity index (χ2n) is 1.36. The van der Waals surface area contributed by atoms with Crippen molar-refractivity contribution in [3.8, 4) is 0 Å². The molecule has 0 aliphatic rings. The Morgan fingerprint density at radius 3 is 2.38 bits per heavy atom. The summed E-state index contributed by atoms with van der Waals surface area (Å²) in [5.41, 5.74) is 0. The van der Waals surface area contributed by atoms with E-state index in [0.717, 1.165) is 12.8 Å². The van der Waals surface area contributed by atoms with E-state index in [1.807, 2.05) is 6.92 Å². The van der Waals surface area contributed by atoms with Crippen LogP contribution in [-0.2, 0) is 11.1 Å². The summed E-state index contributed by atoms with van der Waals surface area (Å²) in [5, 5.41) is 0. The molecule has 8 heavy (non-hydrogen) atoms. The molecule has 0 saturated heterocycles. The van der Waals surface area contributed by atoms with Crippen molar-refractivity contribution in [3.05, 3.63) is 0 Å². The smallest absolute Gasteiger partial charge is 1.00 e. The Bertz CT molecular complexity index is 71.6. The van der Waals surface area contributed by atoms with E-state index in [1.165, 1.54) is 0 Å². The minimum atomic E-state index is -1.82. The summed E-state index contributed by atoms with van der Waals surface area (Å²) in [4.78, 5) is 0. The molecule has 0 N–H and O–H groups in total. The minimum Gasteiger partial charge on any atom is -1.00 e. The van der Waals surface area contributed by atoms with Gasteiger partial charge in [0, 0.05) is 5.75 Å². The van der Waals surface area contributed by atoms with E-state index >= 15 is 0 Å². The van der Waals surface area contributed by atoms with Crippen molar-refractivity contribution in [2.24, 2.45) is 0 Å². The molecule has 0 heterocycles. The van der Waals surface area contributed by atoms with Gasteiger partial charge in [0.2, 0.25) is 0 Å². The van der Waals surface area contributed by atoms with Crippen molar-refractivity contribution < 1.29 is 39.7 Å². The van der Waals surface area contributed by atoms with Crippen molar-refractivity contribution >= 4 is 11.1 Å². The Morgan fingerprint density at radius 2 is 2.25 bits per heavy atom. The zero-order valence-corrected chi connectivity index (χ0v) is 8.16. The van der Waals surface area contributed by atoms with Gasteiger partial charge in [-0.1, -0.05) is 24.4 Å². The molecular formula is C4H10NaO2S-. The number of unbranched alkanes of at least 4 members (excludes halogenated alkanes) is 1. The molecule has 0 amide bonds. The maximum atomic E-state index is 9.76. The normalized spacial score (nSPS) is 12.2. The third-order valence-electron chi connectivity index (χ3n) is 0.665. The van der Waals surface area contributed by atoms with Crippen molar-refractivity contribution in [2.45, 2.75) is 19.8 Å². The molecule has 0 saturated carbocycles. The fourth-order valence-corrected chi connectivity index (χ4v) is 0.787. The predicted molar refractivity (Wildman–Crippen MR) is 29.8 cm³/mol. The average Bonchev–Trinajstić information content (AvgIpc) is 1.61. The Kier molecular flexibility index (Phi) is 12.0. The van der Waals surface area contributed by atoms with E-state index < -0.39 is 11.1 Å². The second kappa shape index (κ2) is 8.11. The molecule has 0 rings (SSSR count). The number of hydrogen-bond acceptors (Lipinski definition) is 2. The van der Waals surface area contributed by atoms with E-state index in [9.17, 15) is 8.76 Å². The summed E-state index contributed by atoms with van der Waals surface area (Å²) in [5.74, 6) is 0.316. The topological polar surface area (TPSA) is 40.1 Å². The van der Waals surface area contributed by atoms with Crippen LogP contribution in [0.15, 0.2) is 0 Å². The molecule has 46 valence electrons. The van der Waals surface area contributed by atoms with Gasteiger partial charge < -0.3 is 5.98 Å². The first-order valence-corrected chi connectivity index (χ1v) is 3.57. The van der Waals surface area contributed by atoms with Crippen LogP contribution in [0, 0.1) is 0 Å². The predicted octanol–water partition coefficient (Wildman–Crippen LogP) is -2.22. The molecule has 4 heteroatoms. The summed E-state index contributed by atoms with van der Waals surface area (Å²) in [6.07, 6.45) is 1.74. The average molecular weight is 145 g/mol. The Labute approximate surface area is 76.1 Å². The van der Waals surface area contributed by atoms with Crippen LogP contribution in [0.5, 0.6) is 0 Å². The molecule has 0 fully saturated rings. The monoisotopic (exact) mass is 145 g/mol. The van der Waals surface area contributed by atoms with Crippen LogP contribution in [0.2, 0.25) is 0 Å². The van der Waals surface area contributed by atoms with Gasteiger partial charge in [-0.3, -0.25) is 4.21 Å². The molecule has 0 aliphatic carbocycles. The van der Waals surface area contributed by atoms with Gasteiger partial charge in [0.1, 0.15) is 0 Å². The van der Waals surface area contributed by atoms with Gasteiger partial charge in [0.15, 0.2) is 0 Å². The van der Waals surface area contributed by atoms with Gasteiger partial charge in [-0.2, -0.15) is 0 Å². The molecule has 0 spiro atoms. The van der Waals surface area contributed by atoms with Gasteiger partial charge in [-0.05, 0) is 6.42 Å². The van der Waals surface area contributed by atoms with Crippen LogP contribution >= 0.6 is 0 Å². The first-order valence-electron chi connectivity index (χ1n) is 2.33. The molecule has 0 aromatic rings. The molecule has 0 bridgehead atoms. The van der Waals surface area contributed by atoms with Crippen LogP contribution in [0.3, 0.4) is 0 Å². The van der Waals surface area contributed by atoms with Crippen LogP contribution < -0.4 is 29.6 Å². The standard InChI is InChI=1S/C4H10O2S.Na.H/c1-2-3-4-7(5)6;;/h2-4H2,1H3,(H,5,6);;/q;+1;-1/p-1. The van der Waals surface area contributed by atoms with E-state index in [2.05, 4.69) is 0 Å². The van der Waals surface area contributed by atoms with Crippen molar-refractivity contribution in [1.29, 1.82) is 0 Å². The largest absolute Gasteiger partial charge is 1.00 e. The fraction of sp³-hybridized carbons (Fsp3) is 1.00. The van der Waals surface area contributed by atoms with Crippen LogP contribution in [0.25, 0.3) is 0 Å². The molecule has 2 nitrogen and oxygen atoms in total. The Morgan fingerprint density at radius 1 is 1.75 bits per heavy atom. The van der Waals surface area contributed by atoms with E-state index in [1.54, 1.807) is 0 Å². The van der Waals surface area contributed by atoms with Gasteiger partial charge in [-0.15, -0.1) is 0 Å². The van der Waals surface area contributed by atoms with Crippen molar-refractivity contribution in [1.82, 2.24) is 0 Å². The first-order chi connectivity index (χ1) is 3.27. The molecule has 0 aliphatic heterocycles. The molecular weight excluding hydrogens is 135 g/mol. The van der Waals surface area contributed by atoms with Crippen molar-refractivity contribution in [2.75, 3.05) is 5.75 Å². The van der Waals surface area contributed by atoms with Crippen LogP contribution in [0.4, 0.5) is 0 Å². The Balaban J connectivity index is -0.000000180. The van der Waals surface area contributed by atoms with Gasteiger partial charge in [0.05, 0.1) is 0 Å². The van der Waals surface area contributed by atoms with Crippen LogP contribution in [-0.4, -0.2) is 14.5 Å². The number of hydrogen-bond donors (Lipinski definition) is 0. The SMILES string of the molecule is CCCCS(=O)[O-].[H-].[Na+]. The zero-order valence-electron chi connectivity index (χ0n) is 6.35. The van der Waals surface area contributed by atoms with Crippen LogP contribution in [0.1, 0.15) is 21.2 Å². The van der Waals surface area contributed by atoms with Gasteiger partial charge >= 0.3 is 29.6 Å². The van der Waals surface area contributed by atoms with E-state index in [0.29, 0.717) is 5.75 Å². The summed E-state index contributed by atoms with van der Waals surface area (Å²) >= 11 is -1.82. The van der Waals surface area contributed by atoms with E-state index in [4.69, 9.17) is 0 Å². The minimum absolute atomic E-state index is 0. The van der Waals surface area contributed by atoms with Crippen molar-refractivity contribution in [3.63, 3.8) is 0 Å². The summed E-state index contributed by atoms with van der Waals surface area (Å²) in [7, 11) is 0. The third kappa shape index (κ3) is 10.2. The summed E-state index contributed by atoms with van der Waals surface area (Å²) in [6, 6.07) is 0. The Hall–Kier alpha value is 1.11. The van der Waals surface area contributed by atoms with Gasteiger partial charge in [0.25, 0.3) is 0 Å². The molecule has 0 aromatic carbocycles.